The van der Waals surface area contributed by atoms with Crippen molar-refractivity contribution in [2.75, 3.05) is 62.9 Å². The Morgan fingerprint density at radius 2 is 1.24 bits per heavy atom. The molecule has 6 rings (SSSR count). The average Bonchev–Trinajstić information content (AvgIpc) is 3.24. The maximum atomic E-state index is 14.3. The summed E-state index contributed by atoms with van der Waals surface area (Å²) in [6, 6.07) is 21.1. The second kappa shape index (κ2) is 17.9. The van der Waals surface area contributed by atoms with Crippen LogP contribution < -0.4 is 33.2 Å². The van der Waals surface area contributed by atoms with Gasteiger partial charge in [-0.3, -0.25) is 19.7 Å². The summed E-state index contributed by atoms with van der Waals surface area (Å²) < 4.78 is 38.7. The van der Waals surface area contributed by atoms with Gasteiger partial charge in [0.2, 0.25) is 11.5 Å². The van der Waals surface area contributed by atoms with Crippen LogP contribution >= 0.6 is 0 Å². The van der Waals surface area contributed by atoms with Crippen LogP contribution in [0.4, 0.5) is 0 Å². The smallest absolute Gasteiger partial charge is 0.254 e. The van der Waals surface area contributed by atoms with Gasteiger partial charge in [-0.2, -0.15) is 0 Å². The minimum Gasteiger partial charge on any atom is -0.497 e. The maximum Gasteiger partial charge on any atom is 0.254 e. The molecule has 0 radical (unpaired) electrons. The maximum absolute atomic E-state index is 14.3. The number of methoxy groups -OCH3 is 7. The quantitative estimate of drug-likeness (QED) is 0.109. The zero-order valence-corrected chi connectivity index (χ0v) is 32.5. The van der Waals surface area contributed by atoms with Crippen molar-refractivity contribution in [2.24, 2.45) is 0 Å². The van der Waals surface area contributed by atoms with Crippen molar-refractivity contribution < 1.29 is 38.0 Å². The first-order valence-electron chi connectivity index (χ1n) is 18.0. The Kier molecular flexibility index (Phi) is 12.6. The summed E-state index contributed by atoms with van der Waals surface area (Å²) >= 11 is 0. The highest BCUT2D eigenvalue weighted by Crippen LogP contribution is 2.42. The number of carbonyl (C=O) groups excluding carboxylic acids is 1. The van der Waals surface area contributed by atoms with Crippen LogP contribution in [0.25, 0.3) is 22.4 Å². The first-order valence-corrected chi connectivity index (χ1v) is 18.0. The van der Waals surface area contributed by atoms with E-state index >= 15 is 0 Å². The first-order chi connectivity index (χ1) is 26.8. The van der Waals surface area contributed by atoms with Gasteiger partial charge in [-0.15, -0.1) is 0 Å². The molecule has 0 saturated carbocycles. The number of nitrogens with zero attached hydrogens (tertiary/aromatic N) is 4. The summed E-state index contributed by atoms with van der Waals surface area (Å²) in [6.45, 7) is 2.79. The van der Waals surface area contributed by atoms with Crippen LogP contribution in [0.15, 0.2) is 85.3 Å². The summed E-state index contributed by atoms with van der Waals surface area (Å²) in [5.41, 5.74) is 6.05. The molecule has 55 heavy (non-hydrogen) atoms. The minimum absolute atomic E-state index is 0.0166. The van der Waals surface area contributed by atoms with E-state index in [0.717, 1.165) is 66.0 Å². The molecule has 1 fully saturated rings. The second-order valence-electron chi connectivity index (χ2n) is 13.1. The third-order valence-electron chi connectivity index (χ3n) is 9.93. The van der Waals surface area contributed by atoms with Crippen molar-refractivity contribution in [1.82, 2.24) is 19.8 Å². The zero-order valence-electron chi connectivity index (χ0n) is 32.5. The highest BCUT2D eigenvalue weighted by Gasteiger charge is 2.29. The molecule has 1 amide bonds. The SMILES string of the molecule is COc1ccc(C(=O)N(Cc2cncc(-c3cc(OC)c(OC)c(OC)c3)c2)C2CCN(Cc3ccnc(-c4cc(OC)c(OC)c(OC)c4)c3)CC2)cc1. The van der Waals surface area contributed by atoms with Gasteiger partial charge in [-0.05, 0) is 96.3 Å². The summed E-state index contributed by atoms with van der Waals surface area (Å²) in [6.07, 6.45) is 7.07. The molecule has 12 heteroatoms. The van der Waals surface area contributed by atoms with Crippen molar-refractivity contribution in [1.29, 1.82) is 0 Å². The molecule has 1 saturated heterocycles. The fourth-order valence-corrected chi connectivity index (χ4v) is 7.05. The molecule has 0 unspecified atom stereocenters. The Labute approximate surface area is 322 Å². The lowest BCUT2D eigenvalue weighted by Gasteiger charge is -2.39. The van der Waals surface area contributed by atoms with Crippen LogP contribution in [-0.4, -0.2) is 94.6 Å². The van der Waals surface area contributed by atoms with E-state index in [0.29, 0.717) is 52.4 Å². The lowest BCUT2D eigenvalue weighted by atomic mass is 9.99. The molecule has 2 aromatic heterocycles. The number of pyridine rings is 2. The summed E-state index contributed by atoms with van der Waals surface area (Å²) in [7, 11) is 11.2. The third kappa shape index (κ3) is 8.70. The molecular formula is C43H48N4O8. The van der Waals surface area contributed by atoms with Crippen LogP contribution in [0, 0.1) is 0 Å². The van der Waals surface area contributed by atoms with Crippen LogP contribution in [-0.2, 0) is 13.1 Å². The number of hydrogen-bond acceptors (Lipinski definition) is 11. The molecular weight excluding hydrogens is 700 g/mol. The van der Waals surface area contributed by atoms with E-state index in [1.54, 1.807) is 56.0 Å². The molecule has 5 aromatic rings. The van der Waals surface area contributed by atoms with Crippen LogP contribution in [0.3, 0.4) is 0 Å². The average molecular weight is 749 g/mol. The fourth-order valence-electron chi connectivity index (χ4n) is 7.05. The van der Waals surface area contributed by atoms with E-state index in [1.165, 1.54) is 0 Å². The predicted molar refractivity (Wildman–Crippen MR) is 210 cm³/mol. The summed E-state index contributed by atoms with van der Waals surface area (Å²) in [5.74, 6) is 3.96. The molecule has 288 valence electrons. The number of hydrogen-bond donors (Lipinski definition) is 0. The van der Waals surface area contributed by atoms with Crippen molar-refractivity contribution in [3.05, 3.63) is 102 Å². The Morgan fingerprint density at radius 1 is 0.655 bits per heavy atom. The molecule has 3 heterocycles. The number of ether oxygens (including phenoxy) is 7. The standard InChI is InChI=1S/C43H48N4O8/c1-49-35-10-8-30(9-11-35)43(48)47(27-29-18-33(25-44-24-29)31-20-37(50-2)41(54-6)38(21-31)51-3)34-13-16-46(17-14-34)26-28-12-15-45-36(19-28)32-22-39(52-4)42(55-7)40(23-32)53-5/h8-12,15,18-25,34H,13-14,16-17,26-27H2,1-7H3. The number of amides is 1. The van der Waals surface area contributed by atoms with Crippen LogP contribution in [0.1, 0.15) is 34.3 Å². The molecule has 12 nitrogen and oxygen atoms in total. The zero-order chi connectivity index (χ0) is 38.9. The Hall–Kier alpha value is -6.01. The van der Waals surface area contributed by atoms with Gasteiger partial charge in [0.05, 0.1) is 55.5 Å². The Bertz CT molecular complexity index is 2030. The summed E-state index contributed by atoms with van der Waals surface area (Å²) in [5, 5.41) is 0. The van der Waals surface area contributed by atoms with Crippen molar-refractivity contribution in [2.45, 2.75) is 32.0 Å². The highest BCUT2D eigenvalue weighted by molar-refractivity contribution is 5.94. The first kappa shape index (κ1) is 38.7. The topological polar surface area (TPSA) is 114 Å². The Morgan fingerprint density at radius 3 is 1.78 bits per heavy atom. The van der Waals surface area contributed by atoms with E-state index in [-0.39, 0.29) is 11.9 Å². The van der Waals surface area contributed by atoms with E-state index in [4.69, 9.17) is 33.2 Å². The number of likely N-dealkylation sites (tertiary alicyclic amines) is 1. The van der Waals surface area contributed by atoms with E-state index in [2.05, 4.69) is 27.0 Å². The third-order valence-corrected chi connectivity index (χ3v) is 9.93. The molecule has 0 bridgehead atoms. The predicted octanol–water partition coefficient (Wildman–Crippen LogP) is 7.18. The summed E-state index contributed by atoms with van der Waals surface area (Å²) in [4.78, 5) is 27.9. The lowest BCUT2D eigenvalue weighted by molar-refractivity contribution is 0.0542. The number of piperidine rings is 1. The monoisotopic (exact) mass is 748 g/mol. The van der Waals surface area contributed by atoms with Gasteiger partial charge in [-0.1, -0.05) is 0 Å². The van der Waals surface area contributed by atoms with E-state index < -0.39 is 0 Å². The van der Waals surface area contributed by atoms with Gasteiger partial charge in [0.15, 0.2) is 23.0 Å². The normalized spacial score (nSPS) is 13.1. The molecule has 0 atom stereocenters. The second-order valence-corrected chi connectivity index (χ2v) is 13.1. The molecule has 0 aliphatic carbocycles. The number of aromatic nitrogens is 2. The molecule has 1 aliphatic rings. The van der Waals surface area contributed by atoms with Gasteiger partial charge in [0, 0.05) is 67.5 Å². The van der Waals surface area contributed by atoms with Crippen molar-refractivity contribution >= 4 is 5.91 Å². The van der Waals surface area contributed by atoms with Crippen molar-refractivity contribution in [3.8, 4) is 62.6 Å². The highest BCUT2D eigenvalue weighted by atomic mass is 16.5. The molecule has 1 aliphatic heterocycles. The van der Waals surface area contributed by atoms with Crippen molar-refractivity contribution in [3.63, 3.8) is 0 Å². The molecule has 0 spiro atoms. The number of rotatable bonds is 15. The minimum atomic E-state index is -0.0385. The van der Waals surface area contributed by atoms with Crippen LogP contribution in [0.2, 0.25) is 0 Å². The molecule has 3 aromatic carbocycles. The lowest BCUT2D eigenvalue weighted by Crippen LogP contribution is -2.46. The Balaban J connectivity index is 1.21. The van der Waals surface area contributed by atoms with Gasteiger partial charge >= 0.3 is 0 Å². The van der Waals surface area contributed by atoms with Crippen LogP contribution in [0.5, 0.6) is 40.2 Å². The fraction of sp³-hybridized carbons (Fsp3) is 0.326. The van der Waals surface area contributed by atoms with E-state index in [1.807, 2.05) is 71.9 Å². The number of carbonyl (C=O) groups is 1. The van der Waals surface area contributed by atoms with Gasteiger partial charge in [0.1, 0.15) is 5.75 Å². The largest absolute Gasteiger partial charge is 0.497 e. The van der Waals surface area contributed by atoms with Gasteiger partial charge < -0.3 is 38.1 Å². The number of benzene rings is 3. The van der Waals surface area contributed by atoms with E-state index in [9.17, 15) is 4.79 Å². The van der Waals surface area contributed by atoms with Gasteiger partial charge in [-0.25, -0.2) is 0 Å². The van der Waals surface area contributed by atoms with Gasteiger partial charge in [0.25, 0.3) is 5.91 Å². The molecule has 0 N–H and O–H groups in total.